The van der Waals surface area contributed by atoms with Crippen molar-refractivity contribution < 1.29 is 0 Å². The van der Waals surface area contributed by atoms with Crippen molar-refractivity contribution in [2.24, 2.45) is 0 Å². The molecule has 0 radical (unpaired) electrons. The fourth-order valence-electron chi connectivity index (χ4n) is 2.81. The summed E-state index contributed by atoms with van der Waals surface area (Å²) in [6.45, 7) is 0.761. The van der Waals surface area contributed by atoms with Crippen LogP contribution in [0.15, 0.2) is 66.9 Å². The molecule has 4 heteroatoms. The first kappa shape index (κ1) is 14.9. The Balaban J connectivity index is 1.54. The van der Waals surface area contributed by atoms with Crippen LogP contribution in [0.5, 0.6) is 0 Å². The smallest absolute Gasteiger partial charge is 0.145 e. The largest absolute Gasteiger partial charge is 0.368 e. The number of rotatable bonds is 4. The summed E-state index contributed by atoms with van der Waals surface area (Å²) in [6.07, 6.45) is 2.63. The summed E-state index contributed by atoms with van der Waals surface area (Å²) in [5.74, 6) is 0.782. The van der Waals surface area contributed by atoms with Crippen LogP contribution in [0.1, 0.15) is 5.56 Å². The highest BCUT2D eigenvalue weighted by molar-refractivity contribution is 6.31. The molecule has 0 aliphatic carbocycles. The Morgan fingerprint density at radius 3 is 2.38 bits per heavy atom. The summed E-state index contributed by atoms with van der Waals surface area (Å²) in [5, 5.41) is 6.48. The summed E-state index contributed by atoms with van der Waals surface area (Å²) in [5.41, 5.74) is 2.94. The van der Waals surface area contributed by atoms with Gasteiger partial charge in [-0.25, -0.2) is 4.98 Å². The molecule has 1 heterocycles. The standard InChI is InChI=1S/C20H16ClN3/c21-17-8-4-3-5-14(17)9-10-22-20-13-23-18-11-15-6-1-2-7-16(15)12-19(18)24-20/h1-8,11-13H,9-10H2,(H,22,24). The molecule has 0 saturated heterocycles. The lowest BCUT2D eigenvalue weighted by atomic mass is 10.1. The average molecular weight is 334 g/mol. The van der Waals surface area contributed by atoms with Crippen LogP contribution in [0, 0.1) is 0 Å². The Morgan fingerprint density at radius 2 is 1.58 bits per heavy atom. The second-order valence-corrected chi connectivity index (χ2v) is 6.12. The topological polar surface area (TPSA) is 37.8 Å². The molecule has 0 spiro atoms. The van der Waals surface area contributed by atoms with Crippen molar-refractivity contribution in [2.45, 2.75) is 6.42 Å². The predicted molar refractivity (Wildman–Crippen MR) is 101 cm³/mol. The van der Waals surface area contributed by atoms with E-state index in [-0.39, 0.29) is 0 Å². The minimum absolute atomic E-state index is 0.761. The highest BCUT2D eigenvalue weighted by Crippen LogP contribution is 2.21. The Bertz CT molecular complexity index is 1010. The van der Waals surface area contributed by atoms with Gasteiger partial charge >= 0.3 is 0 Å². The SMILES string of the molecule is Clc1ccccc1CCNc1cnc2cc3ccccc3cc2n1. The van der Waals surface area contributed by atoms with Gasteiger partial charge in [-0.1, -0.05) is 54.1 Å². The number of halogens is 1. The predicted octanol–water partition coefficient (Wildman–Crippen LogP) is 5.09. The van der Waals surface area contributed by atoms with Crippen LogP contribution in [0.3, 0.4) is 0 Å². The fourth-order valence-corrected chi connectivity index (χ4v) is 3.04. The molecule has 0 aliphatic heterocycles. The van der Waals surface area contributed by atoms with Crippen molar-refractivity contribution in [3.05, 3.63) is 77.4 Å². The lowest BCUT2D eigenvalue weighted by Crippen LogP contribution is -2.07. The Hall–Kier alpha value is -2.65. The van der Waals surface area contributed by atoms with Crippen molar-refractivity contribution in [1.29, 1.82) is 0 Å². The van der Waals surface area contributed by atoms with Gasteiger partial charge in [-0.2, -0.15) is 0 Å². The van der Waals surface area contributed by atoms with E-state index in [0.29, 0.717) is 0 Å². The van der Waals surface area contributed by atoms with E-state index in [1.54, 1.807) is 6.20 Å². The monoisotopic (exact) mass is 333 g/mol. The number of benzene rings is 3. The molecule has 0 atom stereocenters. The molecule has 0 unspecified atom stereocenters. The third kappa shape index (κ3) is 3.03. The minimum atomic E-state index is 0.761. The van der Waals surface area contributed by atoms with Crippen molar-refractivity contribution in [2.75, 3.05) is 11.9 Å². The van der Waals surface area contributed by atoms with Crippen LogP contribution in [0.25, 0.3) is 21.8 Å². The molecule has 3 nitrogen and oxygen atoms in total. The van der Waals surface area contributed by atoms with Crippen LogP contribution in [0.4, 0.5) is 5.82 Å². The molecule has 1 N–H and O–H groups in total. The van der Waals surface area contributed by atoms with E-state index in [1.807, 2.05) is 36.4 Å². The fraction of sp³-hybridized carbons (Fsp3) is 0.100. The number of hydrogen-bond donors (Lipinski definition) is 1. The maximum atomic E-state index is 6.18. The third-order valence-corrected chi connectivity index (χ3v) is 4.44. The van der Waals surface area contributed by atoms with Crippen LogP contribution in [-0.2, 0) is 6.42 Å². The summed E-state index contributed by atoms with van der Waals surface area (Å²) < 4.78 is 0. The van der Waals surface area contributed by atoms with Crippen LogP contribution >= 0.6 is 11.6 Å². The zero-order chi connectivity index (χ0) is 16.4. The molecular weight excluding hydrogens is 318 g/mol. The van der Waals surface area contributed by atoms with Crippen molar-refractivity contribution >= 4 is 39.2 Å². The van der Waals surface area contributed by atoms with Crippen molar-refractivity contribution in [3.63, 3.8) is 0 Å². The maximum absolute atomic E-state index is 6.18. The molecule has 0 saturated carbocycles. The first-order valence-electron chi connectivity index (χ1n) is 7.92. The molecule has 0 bridgehead atoms. The van der Waals surface area contributed by atoms with Gasteiger partial charge in [-0.15, -0.1) is 0 Å². The zero-order valence-corrected chi connectivity index (χ0v) is 13.8. The van der Waals surface area contributed by atoms with Crippen LogP contribution in [-0.4, -0.2) is 16.5 Å². The van der Waals surface area contributed by atoms with Gasteiger partial charge < -0.3 is 5.32 Å². The van der Waals surface area contributed by atoms with Gasteiger partial charge in [-0.05, 0) is 41.0 Å². The molecule has 4 rings (SSSR count). The molecule has 24 heavy (non-hydrogen) atoms. The summed E-state index contributed by atoms with van der Waals surface area (Å²) in [6, 6.07) is 20.3. The van der Waals surface area contributed by atoms with Gasteiger partial charge in [-0.3, -0.25) is 4.98 Å². The Kier molecular flexibility index (Phi) is 4.01. The van der Waals surface area contributed by atoms with Gasteiger partial charge in [0.15, 0.2) is 0 Å². The normalized spacial score (nSPS) is 11.0. The van der Waals surface area contributed by atoms with E-state index in [4.69, 9.17) is 11.6 Å². The molecule has 3 aromatic carbocycles. The van der Waals surface area contributed by atoms with E-state index in [0.717, 1.165) is 40.4 Å². The van der Waals surface area contributed by atoms with Gasteiger partial charge in [0, 0.05) is 11.6 Å². The van der Waals surface area contributed by atoms with Gasteiger partial charge in [0.25, 0.3) is 0 Å². The summed E-state index contributed by atoms with van der Waals surface area (Å²) in [7, 11) is 0. The Labute approximate surface area is 145 Å². The Morgan fingerprint density at radius 1 is 0.875 bits per heavy atom. The lowest BCUT2D eigenvalue weighted by molar-refractivity contribution is 1.01. The maximum Gasteiger partial charge on any atom is 0.145 e. The molecule has 0 aliphatic rings. The first-order chi connectivity index (χ1) is 11.8. The number of nitrogens with zero attached hydrogens (tertiary/aromatic N) is 2. The number of nitrogens with one attached hydrogen (secondary N) is 1. The van der Waals surface area contributed by atoms with Crippen LogP contribution < -0.4 is 5.32 Å². The number of anilines is 1. The van der Waals surface area contributed by atoms with Gasteiger partial charge in [0.2, 0.25) is 0 Å². The number of fused-ring (bicyclic) bond motifs is 2. The van der Waals surface area contributed by atoms with Crippen molar-refractivity contribution in [1.82, 2.24) is 9.97 Å². The molecular formula is C20H16ClN3. The number of aromatic nitrogens is 2. The first-order valence-corrected chi connectivity index (χ1v) is 8.30. The zero-order valence-electron chi connectivity index (χ0n) is 13.0. The molecule has 0 fully saturated rings. The highest BCUT2D eigenvalue weighted by atomic mass is 35.5. The highest BCUT2D eigenvalue weighted by Gasteiger charge is 2.03. The number of hydrogen-bond acceptors (Lipinski definition) is 3. The molecule has 118 valence electrons. The molecule has 1 aromatic heterocycles. The average Bonchev–Trinajstić information content (AvgIpc) is 2.61. The van der Waals surface area contributed by atoms with E-state index in [9.17, 15) is 0 Å². The third-order valence-electron chi connectivity index (χ3n) is 4.07. The van der Waals surface area contributed by atoms with E-state index in [2.05, 4.69) is 39.6 Å². The second kappa shape index (κ2) is 6.46. The van der Waals surface area contributed by atoms with Crippen molar-refractivity contribution in [3.8, 4) is 0 Å². The second-order valence-electron chi connectivity index (χ2n) is 5.71. The van der Waals surface area contributed by atoms with E-state index >= 15 is 0 Å². The molecule has 0 amide bonds. The van der Waals surface area contributed by atoms with Gasteiger partial charge in [0.1, 0.15) is 5.82 Å². The van der Waals surface area contributed by atoms with Gasteiger partial charge in [0.05, 0.1) is 17.2 Å². The summed E-state index contributed by atoms with van der Waals surface area (Å²) in [4.78, 5) is 9.20. The van der Waals surface area contributed by atoms with E-state index in [1.165, 1.54) is 10.8 Å². The molecule has 4 aromatic rings. The van der Waals surface area contributed by atoms with E-state index < -0.39 is 0 Å². The quantitative estimate of drug-likeness (QED) is 0.528. The van der Waals surface area contributed by atoms with Crippen LogP contribution in [0.2, 0.25) is 5.02 Å². The lowest BCUT2D eigenvalue weighted by Gasteiger charge is -2.08. The minimum Gasteiger partial charge on any atom is -0.368 e. The summed E-state index contributed by atoms with van der Waals surface area (Å²) >= 11 is 6.18.